The lowest BCUT2D eigenvalue weighted by molar-refractivity contribution is 0.141. The van der Waals surface area contributed by atoms with E-state index in [1.807, 2.05) is 25.1 Å². The molecule has 0 aliphatic heterocycles. The molecule has 0 saturated carbocycles. The normalized spacial score (nSPS) is 13.7. The Balaban J connectivity index is 3.81. The Kier molecular flexibility index (Phi) is 7.18. The molecule has 0 aromatic heterocycles. The van der Waals surface area contributed by atoms with Crippen LogP contribution in [0, 0.1) is 11.8 Å². The maximum Gasteiger partial charge on any atom is 0.0776 e. The van der Waals surface area contributed by atoms with Gasteiger partial charge >= 0.3 is 0 Å². The minimum absolute atomic E-state index is 0.340. The zero-order valence-electron chi connectivity index (χ0n) is 9.67. The second-order valence-corrected chi connectivity index (χ2v) is 3.79. The molecule has 1 atom stereocenters. The highest BCUT2D eigenvalue weighted by molar-refractivity contribution is 5.20. The number of nitrogens with zero attached hydrogens (tertiary/aromatic N) is 1. The van der Waals surface area contributed by atoms with Crippen molar-refractivity contribution < 1.29 is 5.11 Å². The molecule has 2 nitrogen and oxygen atoms in total. The highest BCUT2D eigenvalue weighted by Gasteiger charge is 2.01. The molecule has 80 valence electrons. The highest BCUT2D eigenvalue weighted by atomic mass is 16.3. The molecule has 1 unspecified atom stereocenters. The monoisotopic (exact) mass is 195 g/mol. The molecule has 0 radical (unpaired) electrons. The second-order valence-electron chi connectivity index (χ2n) is 3.79. The number of hydrogen-bond acceptors (Lipinski definition) is 2. The SMILES string of the molecule is CC/C(C)=C\C#CCC(O)CN(C)C. The molecule has 14 heavy (non-hydrogen) atoms. The van der Waals surface area contributed by atoms with Gasteiger partial charge in [0.15, 0.2) is 0 Å². The first-order chi connectivity index (χ1) is 6.56. The van der Waals surface area contributed by atoms with E-state index in [2.05, 4.69) is 25.7 Å². The molecular weight excluding hydrogens is 174 g/mol. The lowest BCUT2D eigenvalue weighted by Gasteiger charge is -2.12. The minimum atomic E-state index is -0.340. The predicted molar refractivity (Wildman–Crippen MR) is 61.0 cm³/mol. The molecule has 0 spiro atoms. The zero-order valence-corrected chi connectivity index (χ0v) is 9.67. The molecule has 0 aliphatic carbocycles. The Labute approximate surface area is 87.6 Å². The number of rotatable bonds is 4. The molecule has 1 N–H and O–H groups in total. The summed E-state index contributed by atoms with van der Waals surface area (Å²) in [7, 11) is 3.88. The van der Waals surface area contributed by atoms with Gasteiger partial charge in [0.2, 0.25) is 0 Å². The van der Waals surface area contributed by atoms with Crippen LogP contribution in [-0.2, 0) is 0 Å². The van der Waals surface area contributed by atoms with Crippen molar-refractivity contribution in [1.29, 1.82) is 0 Å². The van der Waals surface area contributed by atoms with E-state index in [9.17, 15) is 5.11 Å². The molecule has 0 bridgehead atoms. The third-order valence-electron chi connectivity index (χ3n) is 1.89. The van der Waals surface area contributed by atoms with Crippen molar-refractivity contribution in [3.05, 3.63) is 11.6 Å². The summed E-state index contributed by atoms with van der Waals surface area (Å²) in [6, 6.07) is 0. The van der Waals surface area contributed by atoms with Gasteiger partial charge in [0.05, 0.1) is 6.10 Å². The lowest BCUT2D eigenvalue weighted by Crippen LogP contribution is -2.25. The predicted octanol–water partition coefficient (Wildman–Crippen LogP) is 1.66. The van der Waals surface area contributed by atoms with Crippen molar-refractivity contribution in [1.82, 2.24) is 4.90 Å². The Bertz CT molecular complexity index is 232. The van der Waals surface area contributed by atoms with Crippen molar-refractivity contribution in [3.8, 4) is 11.8 Å². The lowest BCUT2D eigenvalue weighted by atomic mass is 10.2. The van der Waals surface area contributed by atoms with E-state index in [0.29, 0.717) is 13.0 Å². The maximum absolute atomic E-state index is 9.48. The van der Waals surface area contributed by atoms with Crippen LogP contribution in [0.25, 0.3) is 0 Å². The fourth-order valence-electron chi connectivity index (χ4n) is 0.939. The quantitative estimate of drug-likeness (QED) is 0.690. The van der Waals surface area contributed by atoms with E-state index < -0.39 is 0 Å². The van der Waals surface area contributed by atoms with Gasteiger partial charge in [0.25, 0.3) is 0 Å². The van der Waals surface area contributed by atoms with Gasteiger partial charge in [0, 0.05) is 13.0 Å². The number of aliphatic hydroxyl groups excluding tert-OH is 1. The van der Waals surface area contributed by atoms with E-state index in [4.69, 9.17) is 0 Å². The van der Waals surface area contributed by atoms with Crippen molar-refractivity contribution in [2.24, 2.45) is 0 Å². The molecule has 0 saturated heterocycles. The smallest absolute Gasteiger partial charge is 0.0776 e. The Morgan fingerprint density at radius 3 is 2.64 bits per heavy atom. The summed E-state index contributed by atoms with van der Waals surface area (Å²) in [6.07, 6.45) is 3.16. The van der Waals surface area contributed by atoms with Gasteiger partial charge in [-0.25, -0.2) is 0 Å². The highest BCUT2D eigenvalue weighted by Crippen LogP contribution is 1.96. The van der Waals surface area contributed by atoms with Gasteiger partial charge in [-0.15, -0.1) is 0 Å². The van der Waals surface area contributed by atoms with Crippen LogP contribution in [0.5, 0.6) is 0 Å². The Morgan fingerprint density at radius 1 is 1.50 bits per heavy atom. The van der Waals surface area contributed by atoms with Gasteiger partial charge in [0.1, 0.15) is 0 Å². The fraction of sp³-hybridized carbons (Fsp3) is 0.667. The standard InChI is InChI=1S/C12H21NO/c1-5-11(2)8-6-7-9-12(14)10-13(3)4/h8,12,14H,5,9-10H2,1-4H3/b11-8-. The average molecular weight is 195 g/mol. The van der Waals surface area contributed by atoms with E-state index in [1.165, 1.54) is 5.57 Å². The zero-order chi connectivity index (χ0) is 11.0. The van der Waals surface area contributed by atoms with Crippen LogP contribution in [0.4, 0.5) is 0 Å². The van der Waals surface area contributed by atoms with Crippen molar-refractivity contribution in [3.63, 3.8) is 0 Å². The summed E-state index contributed by atoms with van der Waals surface area (Å²) >= 11 is 0. The van der Waals surface area contributed by atoms with Crippen LogP contribution in [0.2, 0.25) is 0 Å². The first-order valence-corrected chi connectivity index (χ1v) is 5.03. The van der Waals surface area contributed by atoms with Crippen LogP contribution in [-0.4, -0.2) is 36.8 Å². The largest absolute Gasteiger partial charge is 0.391 e. The molecular formula is C12H21NO. The van der Waals surface area contributed by atoms with Crippen LogP contribution < -0.4 is 0 Å². The summed E-state index contributed by atoms with van der Waals surface area (Å²) in [4.78, 5) is 1.96. The molecule has 0 heterocycles. The van der Waals surface area contributed by atoms with Crippen LogP contribution in [0.15, 0.2) is 11.6 Å². The van der Waals surface area contributed by atoms with Crippen molar-refractivity contribution in [2.75, 3.05) is 20.6 Å². The van der Waals surface area contributed by atoms with Gasteiger partial charge < -0.3 is 10.0 Å². The third kappa shape index (κ3) is 7.85. The summed E-state index contributed by atoms with van der Waals surface area (Å²) in [5, 5.41) is 9.48. The molecule has 0 fully saturated rings. The summed E-state index contributed by atoms with van der Waals surface area (Å²) in [5.74, 6) is 5.90. The first-order valence-electron chi connectivity index (χ1n) is 5.03. The van der Waals surface area contributed by atoms with Gasteiger partial charge in [-0.2, -0.15) is 0 Å². The van der Waals surface area contributed by atoms with Crippen LogP contribution >= 0.6 is 0 Å². The van der Waals surface area contributed by atoms with Crippen LogP contribution in [0.3, 0.4) is 0 Å². The number of hydrogen-bond donors (Lipinski definition) is 1. The molecule has 0 aliphatic rings. The van der Waals surface area contributed by atoms with E-state index in [0.717, 1.165) is 6.42 Å². The Morgan fingerprint density at radius 2 is 2.14 bits per heavy atom. The van der Waals surface area contributed by atoms with Gasteiger partial charge in [-0.05, 0) is 33.5 Å². The van der Waals surface area contributed by atoms with E-state index >= 15 is 0 Å². The molecule has 0 amide bonds. The van der Waals surface area contributed by atoms with Crippen LogP contribution in [0.1, 0.15) is 26.7 Å². The summed E-state index contributed by atoms with van der Waals surface area (Å²) < 4.78 is 0. The maximum atomic E-state index is 9.48. The first kappa shape index (κ1) is 13.2. The van der Waals surface area contributed by atoms with Gasteiger partial charge in [-0.1, -0.05) is 24.3 Å². The van der Waals surface area contributed by atoms with E-state index in [1.54, 1.807) is 0 Å². The summed E-state index contributed by atoms with van der Waals surface area (Å²) in [6.45, 7) is 4.84. The number of likely N-dealkylation sites (N-methyl/N-ethyl adjacent to an activating group) is 1. The number of aliphatic hydroxyl groups is 1. The number of allylic oxidation sites excluding steroid dienone is 2. The fourth-order valence-corrected chi connectivity index (χ4v) is 0.939. The summed E-state index contributed by atoms with van der Waals surface area (Å²) in [5.41, 5.74) is 1.28. The topological polar surface area (TPSA) is 23.5 Å². The van der Waals surface area contributed by atoms with Crippen molar-refractivity contribution >= 4 is 0 Å². The molecule has 0 aromatic carbocycles. The minimum Gasteiger partial charge on any atom is -0.391 e. The van der Waals surface area contributed by atoms with Gasteiger partial charge in [-0.3, -0.25) is 0 Å². The molecule has 0 rings (SSSR count). The molecule has 0 aromatic rings. The molecule has 2 heteroatoms. The second kappa shape index (κ2) is 7.61. The van der Waals surface area contributed by atoms with E-state index in [-0.39, 0.29) is 6.10 Å². The average Bonchev–Trinajstić information content (AvgIpc) is 2.10. The Hall–Kier alpha value is -0.780. The third-order valence-corrected chi connectivity index (χ3v) is 1.89. The van der Waals surface area contributed by atoms with Crippen molar-refractivity contribution in [2.45, 2.75) is 32.8 Å².